The van der Waals surface area contributed by atoms with Crippen LogP contribution in [-0.4, -0.2) is 22.2 Å². The van der Waals surface area contributed by atoms with Crippen molar-refractivity contribution in [2.75, 3.05) is 4.90 Å². The minimum Gasteiger partial charge on any atom is -0.489 e. The molecule has 1 aliphatic heterocycles. The third-order valence-corrected chi connectivity index (χ3v) is 5.08. The van der Waals surface area contributed by atoms with Gasteiger partial charge in [-0.15, -0.1) is 11.6 Å². The van der Waals surface area contributed by atoms with E-state index >= 15 is 0 Å². The van der Waals surface area contributed by atoms with Crippen LogP contribution >= 0.6 is 11.6 Å². The Morgan fingerprint density at radius 3 is 2.65 bits per heavy atom. The molecular weight excluding hydrogens is 352 g/mol. The van der Waals surface area contributed by atoms with E-state index in [0.29, 0.717) is 35.6 Å². The first kappa shape index (κ1) is 16.8. The number of halogens is 1. The van der Waals surface area contributed by atoms with Gasteiger partial charge in [0, 0.05) is 29.1 Å². The number of anilines is 1. The van der Waals surface area contributed by atoms with Crippen molar-refractivity contribution in [2.24, 2.45) is 0 Å². The fraction of sp³-hybridized carbons (Fsp3) is 0.250. The molecule has 0 spiro atoms. The second-order valence-electron chi connectivity index (χ2n) is 6.34. The van der Waals surface area contributed by atoms with E-state index in [-0.39, 0.29) is 17.2 Å². The number of hydrogen-bond acceptors (Lipinski definition) is 4. The van der Waals surface area contributed by atoms with Crippen LogP contribution < -0.4 is 9.64 Å². The SMILES string of the molecule is O=C1C2=C(C(=O)N1c1ccc(OCc3cccnc3)cc1)C(Cl)CCC2. The van der Waals surface area contributed by atoms with E-state index in [0.717, 1.165) is 18.4 Å². The highest BCUT2D eigenvalue weighted by atomic mass is 35.5. The third kappa shape index (κ3) is 2.99. The lowest BCUT2D eigenvalue weighted by Gasteiger charge is -2.16. The van der Waals surface area contributed by atoms with E-state index < -0.39 is 0 Å². The maximum atomic E-state index is 12.7. The normalized spacial score (nSPS) is 19.7. The molecule has 0 fully saturated rings. The molecule has 132 valence electrons. The number of hydrogen-bond donors (Lipinski definition) is 0. The first-order valence-corrected chi connectivity index (χ1v) is 8.96. The van der Waals surface area contributed by atoms with Gasteiger partial charge in [0.1, 0.15) is 12.4 Å². The summed E-state index contributed by atoms with van der Waals surface area (Å²) in [6.45, 7) is 0.401. The van der Waals surface area contributed by atoms with Gasteiger partial charge in [-0.2, -0.15) is 0 Å². The van der Waals surface area contributed by atoms with Gasteiger partial charge in [-0.25, -0.2) is 4.90 Å². The lowest BCUT2D eigenvalue weighted by molar-refractivity contribution is -0.120. The highest BCUT2D eigenvalue weighted by Gasteiger charge is 2.43. The van der Waals surface area contributed by atoms with Crippen LogP contribution in [0.3, 0.4) is 0 Å². The highest BCUT2D eigenvalue weighted by molar-refractivity contribution is 6.38. The zero-order valence-corrected chi connectivity index (χ0v) is 14.8. The molecule has 1 unspecified atom stereocenters. The first-order chi connectivity index (χ1) is 12.6. The molecule has 1 atom stereocenters. The van der Waals surface area contributed by atoms with Gasteiger partial charge < -0.3 is 4.74 Å². The van der Waals surface area contributed by atoms with Crippen molar-refractivity contribution in [1.82, 2.24) is 4.98 Å². The fourth-order valence-electron chi connectivity index (χ4n) is 3.34. The van der Waals surface area contributed by atoms with Gasteiger partial charge in [-0.05, 0) is 49.6 Å². The molecular formula is C20H17ClN2O3. The zero-order valence-electron chi connectivity index (χ0n) is 14.0. The number of ether oxygens (including phenoxy) is 1. The van der Waals surface area contributed by atoms with Crippen LogP contribution in [0, 0.1) is 0 Å². The number of carbonyl (C=O) groups is 2. The minimum absolute atomic E-state index is 0.251. The summed E-state index contributed by atoms with van der Waals surface area (Å²) in [4.78, 5) is 30.6. The molecule has 0 radical (unpaired) electrons. The molecule has 4 rings (SSSR count). The van der Waals surface area contributed by atoms with Crippen molar-refractivity contribution in [3.8, 4) is 5.75 Å². The molecule has 1 aromatic carbocycles. The van der Waals surface area contributed by atoms with Crippen molar-refractivity contribution >= 4 is 29.1 Å². The van der Waals surface area contributed by atoms with Crippen molar-refractivity contribution in [3.63, 3.8) is 0 Å². The molecule has 2 aliphatic rings. The third-order valence-electron chi connectivity index (χ3n) is 4.64. The summed E-state index contributed by atoms with van der Waals surface area (Å²) in [5, 5.41) is -0.373. The molecule has 0 N–H and O–H groups in total. The topological polar surface area (TPSA) is 59.5 Å². The summed E-state index contributed by atoms with van der Waals surface area (Å²) in [5.41, 5.74) is 2.54. The van der Waals surface area contributed by atoms with Gasteiger partial charge in [0.05, 0.1) is 11.1 Å². The summed E-state index contributed by atoms with van der Waals surface area (Å²) in [7, 11) is 0. The number of imide groups is 1. The number of benzene rings is 1. The lowest BCUT2D eigenvalue weighted by atomic mass is 9.93. The molecule has 26 heavy (non-hydrogen) atoms. The lowest BCUT2D eigenvalue weighted by Crippen LogP contribution is -2.32. The first-order valence-electron chi connectivity index (χ1n) is 8.53. The summed E-state index contributed by atoms with van der Waals surface area (Å²) in [5.74, 6) is 0.109. The van der Waals surface area contributed by atoms with E-state index in [1.807, 2.05) is 12.1 Å². The molecule has 2 amide bonds. The number of pyridine rings is 1. The standard InChI is InChI=1S/C20H17ClN2O3/c21-17-5-1-4-16-18(17)20(25)23(19(16)24)14-6-8-15(9-7-14)26-12-13-3-2-10-22-11-13/h2-3,6-11,17H,1,4-5,12H2. The average molecular weight is 369 g/mol. The predicted molar refractivity (Wildman–Crippen MR) is 98.0 cm³/mol. The van der Waals surface area contributed by atoms with Gasteiger partial charge in [0.15, 0.2) is 0 Å². The second-order valence-corrected chi connectivity index (χ2v) is 6.87. The molecule has 2 heterocycles. The Labute approximate surface area is 156 Å². The van der Waals surface area contributed by atoms with Crippen LogP contribution in [0.25, 0.3) is 0 Å². The summed E-state index contributed by atoms with van der Waals surface area (Å²) in [6.07, 6.45) is 5.64. The molecule has 0 saturated carbocycles. The van der Waals surface area contributed by atoms with E-state index in [9.17, 15) is 9.59 Å². The second kappa shape index (κ2) is 6.92. The quantitative estimate of drug-likeness (QED) is 0.611. The van der Waals surface area contributed by atoms with Crippen LogP contribution in [0.4, 0.5) is 5.69 Å². The van der Waals surface area contributed by atoms with Gasteiger partial charge in [-0.1, -0.05) is 6.07 Å². The van der Waals surface area contributed by atoms with E-state index in [1.165, 1.54) is 4.90 Å². The van der Waals surface area contributed by atoms with Crippen molar-refractivity contribution in [2.45, 2.75) is 31.2 Å². The fourth-order valence-corrected chi connectivity index (χ4v) is 3.71. The van der Waals surface area contributed by atoms with Gasteiger partial charge in [0.2, 0.25) is 0 Å². The van der Waals surface area contributed by atoms with E-state index in [1.54, 1.807) is 36.7 Å². The van der Waals surface area contributed by atoms with Crippen molar-refractivity contribution in [3.05, 3.63) is 65.5 Å². The van der Waals surface area contributed by atoms with Crippen molar-refractivity contribution < 1.29 is 14.3 Å². The van der Waals surface area contributed by atoms with Crippen LogP contribution in [0.5, 0.6) is 5.75 Å². The van der Waals surface area contributed by atoms with E-state index in [2.05, 4.69) is 4.98 Å². The Balaban J connectivity index is 1.49. The number of amides is 2. The van der Waals surface area contributed by atoms with Crippen LogP contribution in [-0.2, 0) is 16.2 Å². The number of aromatic nitrogens is 1. The molecule has 0 bridgehead atoms. The Kier molecular flexibility index (Phi) is 4.47. The molecule has 5 nitrogen and oxygen atoms in total. The van der Waals surface area contributed by atoms with Crippen LogP contribution in [0.2, 0.25) is 0 Å². The van der Waals surface area contributed by atoms with Crippen LogP contribution in [0.15, 0.2) is 59.9 Å². The summed E-state index contributed by atoms with van der Waals surface area (Å²) in [6, 6.07) is 10.7. The van der Waals surface area contributed by atoms with Gasteiger partial charge in [0.25, 0.3) is 11.8 Å². The van der Waals surface area contributed by atoms with Crippen LogP contribution in [0.1, 0.15) is 24.8 Å². The Hall–Kier alpha value is -2.66. The van der Waals surface area contributed by atoms with Crippen molar-refractivity contribution in [1.29, 1.82) is 0 Å². The molecule has 0 saturated heterocycles. The Morgan fingerprint density at radius 1 is 1.15 bits per heavy atom. The Bertz CT molecular complexity index is 878. The smallest absolute Gasteiger partial charge is 0.263 e. The molecule has 2 aromatic rings. The predicted octanol–water partition coefficient (Wildman–Crippen LogP) is 3.62. The molecule has 1 aromatic heterocycles. The van der Waals surface area contributed by atoms with Gasteiger partial charge in [-0.3, -0.25) is 14.6 Å². The zero-order chi connectivity index (χ0) is 18.1. The maximum absolute atomic E-state index is 12.7. The number of alkyl halides is 1. The maximum Gasteiger partial charge on any atom is 0.263 e. The highest BCUT2D eigenvalue weighted by Crippen LogP contribution is 2.38. The largest absolute Gasteiger partial charge is 0.489 e. The minimum atomic E-state index is -0.373. The number of carbonyl (C=O) groups excluding carboxylic acids is 2. The molecule has 1 aliphatic carbocycles. The van der Waals surface area contributed by atoms with Gasteiger partial charge >= 0.3 is 0 Å². The number of rotatable bonds is 4. The van der Waals surface area contributed by atoms with E-state index in [4.69, 9.17) is 16.3 Å². The number of nitrogens with zero attached hydrogens (tertiary/aromatic N) is 2. The monoisotopic (exact) mass is 368 g/mol. The summed E-state index contributed by atoms with van der Waals surface area (Å²) < 4.78 is 5.72. The summed E-state index contributed by atoms with van der Waals surface area (Å²) >= 11 is 6.27. The Morgan fingerprint density at radius 2 is 1.96 bits per heavy atom. The molecule has 6 heteroatoms. The average Bonchev–Trinajstić information content (AvgIpc) is 2.93.